The van der Waals surface area contributed by atoms with Crippen molar-refractivity contribution >= 4 is 21.8 Å². The largest absolute Gasteiger partial charge is 0.495 e. The molecule has 2 heterocycles. The summed E-state index contributed by atoms with van der Waals surface area (Å²) in [5.41, 5.74) is 6.60. The Balaban J connectivity index is 0.000000162. The molecule has 148 valence electrons. The first kappa shape index (κ1) is 20.1. The Morgan fingerprint density at radius 2 is 1.50 bits per heavy atom. The number of H-pyrrole nitrogens is 2. The minimum Gasteiger partial charge on any atom is -0.495 e. The van der Waals surface area contributed by atoms with Gasteiger partial charge in [0.25, 0.3) is 0 Å². The average Bonchev–Trinajstić information content (AvgIpc) is 3.26. The van der Waals surface area contributed by atoms with Crippen LogP contribution in [0.2, 0.25) is 0 Å². The van der Waals surface area contributed by atoms with Gasteiger partial charge in [0, 0.05) is 28.7 Å². The van der Waals surface area contributed by atoms with Crippen LogP contribution < -0.4 is 4.74 Å². The van der Waals surface area contributed by atoms with Gasteiger partial charge in [-0.05, 0) is 41.0 Å². The number of rotatable bonds is 2. The van der Waals surface area contributed by atoms with Crippen LogP contribution in [-0.2, 0) is 5.41 Å². The van der Waals surface area contributed by atoms with Crippen LogP contribution in [0.25, 0.3) is 21.8 Å². The van der Waals surface area contributed by atoms with Gasteiger partial charge in [-0.2, -0.15) is 0 Å². The molecule has 0 saturated heterocycles. The molecule has 0 aliphatic carbocycles. The van der Waals surface area contributed by atoms with Crippen LogP contribution in [0, 0.1) is 6.92 Å². The normalized spacial score (nSPS) is 11.7. The lowest BCUT2D eigenvalue weighted by Gasteiger charge is -2.17. The van der Waals surface area contributed by atoms with Crippen LogP contribution in [0.1, 0.15) is 57.2 Å². The van der Waals surface area contributed by atoms with Crippen LogP contribution >= 0.6 is 0 Å². The summed E-state index contributed by atoms with van der Waals surface area (Å²) in [5, 5.41) is 2.62. The molecule has 0 radical (unpaired) electrons. The van der Waals surface area contributed by atoms with Gasteiger partial charge in [-0.1, -0.05) is 65.0 Å². The first-order valence-electron chi connectivity index (χ1n) is 9.95. The lowest BCUT2D eigenvalue weighted by atomic mass is 9.87. The second kappa shape index (κ2) is 7.75. The fraction of sp³-hybridized carbons (Fsp3) is 0.360. The molecule has 4 rings (SSSR count). The van der Waals surface area contributed by atoms with E-state index in [2.05, 4.69) is 88.2 Å². The van der Waals surface area contributed by atoms with Crippen molar-refractivity contribution in [2.24, 2.45) is 0 Å². The summed E-state index contributed by atoms with van der Waals surface area (Å²) < 4.78 is 5.32. The van der Waals surface area contributed by atoms with Crippen molar-refractivity contribution in [3.05, 3.63) is 65.5 Å². The molecule has 3 heteroatoms. The van der Waals surface area contributed by atoms with Gasteiger partial charge in [0.15, 0.2) is 0 Å². The Morgan fingerprint density at radius 1 is 0.857 bits per heavy atom. The second-order valence-corrected chi connectivity index (χ2v) is 8.73. The van der Waals surface area contributed by atoms with Crippen molar-refractivity contribution in [2.75, 3.05) is 7.11 Å². The molecular formula is C25H32N2O. The number of aromatic amines is 2. The fourth-order valence-corrected chi connectivity index (χ4v) is 3.72. The van der Waals surface area contributed by atoms with Crippen molar-refractivity contribution in [1.82, 2.24) is 9.97 Å². The number of hydrogen-bond donors (Lipinski definition) is 2. The van der Waals surface area contributed by atoms with E-state index in [0.717, 1.165) is 11.3 Å². The van der Waals surface area contributed by atoms with Gasteiger partial charge in [-0.25, -0.2) is 0 Å². The SMILES string of the molecule is COc1cccc2c(C(C)(C)C)c[nH]c12.Cc1cccc2c(C(C)C)c[nH]c12. The van der Waals surface area contributed by atoms with E-state index in [9.17, 15) is 0 Å². The highest BCUT2D eigenvalue weighted by Gasteiger charge is 2.19. The third-order valence-electron chi connectivity index (χ3n) is 5.28. The maximum absolute atomic E-state index is 5.32. The Hall–Kier alpha value is -2.68. The zero-order chi connectivity index (χ0) is 20.5. The molecule has 0 amide bonds. The van der Waals surface area contributed by atoms with E-state index >= 15 is 0 Å². The van der Waals surface area contributed by atoms with E-state index in [4.69, 9.17) is 4.74 Å². The van der Waals surface area contributed by atoms with Gasteiger partial charge >= 0.3 is 0 Å². The maximum Gasteiger partial charge on any atom is 0.142 e. The lowest BCUT2D eigenvalue weighted by Crippen LogP contribution is -2.09. The molecule has 0 aliphatic rings. The minimum absolute atomic E-state index is 0.157. The molecular weight excluding hydrogens is 344 g/mol. The average molecular weight is 377 g/mol. The number of methoxy groups -OCH3 is 1. The summed E-state index contributed by atoms with van der Waals surface area (Å²) in [6.07, 6.45) is 4.20. The molecule has 0 saturated carbocycles. The second-order valence-electron chi connectivity index (χ2n) is 8.73. The number of nitrogens with one attached hydrogen (secondary N) is 2. The van der Waals surface area contributed by atoms with Crippen molar-refractivity contribution < 1.29 is 4.74 Å². The van der Waals surface area contributed by atoms with E-state index in [1.54, 1.807) is 7.11 Å². The van der Waals surface area contributed by atoms with Gasteiger partial charge < -0.3 is 14.7 Å². The summed E-state index contributed by atoms with van der Waals surface area (Å²) in [6.45, 7) is 13.2. The molecule has 0 atom stereocenters. The number of fused-ring (bicyclic) bond motifs is 2. The third-order valence-corrected chi connectivity index (χ3v) is 5.28. The van der Waals surface area contributed by atoms with Crippen molar-refractivity contribution in [3.8, 4) is 5.75 Å². The van der Waals surface area contributed by atoms with Gasteiger partial charge in [0.1, 0.15) is 5.75 Å². The number of benzene rings is 2. The maximum atomic E-state index is 5.32. The van der Waals surface area contributed by atoms with E-state index in [1.165, 1.54) is 33.0 Å². The van der Waals surface area contributed by atoms with Gasteiger partial charge in [0.2, 0.25) is 0 Å². The molecule has 28 heavy (non-hydrogen) atoms. The quantitative estimate of drug-likeness (QED) is 0.386. The molecule has 0 bridgehead atoms. The zero-order valence-electron chi connectivity index (χ0n) is 18.1. The summed E-state index contributed by atoms with van der Waals surface area (Å²) in [4.78, 5) is 6.63. The van der Waals surface area contributed by atoms with Crippen molar-refractivity contribution in [3.63, 3.8) is 0 Å². The van der Waals surface area contributed by atoms with Crippen molar-refractivity contribution in [1.29, 1.82) is 0 Å². The molecule has 4 aromatic rings. The Kier molecular flexibility index (Phi) is 5.55. The van der Waals surface area contributed by atoms with E-state index < -0.39 is 0 Å². The van der Waals surface area contributed by atoms with Crippen LogP contribution in [0.15, 0.2) is 48.8 Å². The van der Waals surface area contributed by atoms with Gasteiger partial charge in [-0.15, -0.1) is 0 Å². The summed E-state index contributed by atoms with van der Waals surface area (Å²) in [7, 11) is 1.70. The van der Waals surface area contributed by atoms with E-state index in [1.807, 2.05) is 12.1 Å². The molecule has 2 aromatic carbocycles. The van der Waals surface area contributed by atoms with Crippen LogP contribution in [0.4, 0.5) is 0 Å². The molecule has 2 aromatic heterocycles. The summed E-state index contributed by atoms with van der Waals surface area (Å²) >= 11 is 0. The Labute approximate surface area is 168 Å². The summed E-state index contributed by atoms with van der Waals surface area (Å²) in [5.74, 6) is 1.50. The molecule has 3 nitrogen and oxygen atoms in total. The number of hydrogen-bond acceptors (Lipinski definition) is 1. The molecule has 0 spiro atoms. The smallest absolute Gasteiger partial charge is 0.142 e. The number of para-hydroxylation sites is 2. The van der Waals surface area contributed by atoms with Gasteiger partial charge in [0.05, 0.1) is 12.6 Å². The van der Waals surface area contributed by atoms with E-state index in [-0.39, 0.29) is 5.41 Å². The molecule has 0 aliphatic heterocycles. The van der Waals surface area contributed by atoms with Crippen molar-refractivity contribution in [2.45, 2.75) is 52.9 Å². The number of ether oxygens (including phenoxy) is 1. The highest BCUT2D eigenvalue weighted by atomic mass is 16.5. The monoisotopic (exact) mass is 376 g/mol. The lowest BCUT2D eigenvalue weighted by molar-refractivity contribution is 0.419. The predicted molar refractivity (Wildman–Crippen MR) is 121 cm³/mol. The van der Waals surface area contributed by atoms with Crippen LogP contribution in [-0.4, -0.2) is 17.1 Å². The molecule has 0 unspecified atom stereocenters. The van der Waals surface area contributed by atoms with Crippen LogP contribution in [0.5, 0.6) is 5.75 Å². The third kappa shape index (κ3) is 3.80. The standard InChI is InChI=1S/C13H17NO.C12H15N/c1-13(2,3)10-8-14-12-9(10)6-5-7-11(12)15-4;1-8(2)11-7-13-12-9(3)5-4-6-10(11)12/h5-8,14H,1-4H3;4-8,13H,1-3H3. The molecule has 0 fully saturated rings. The van der Waals surface area contributed by atoms with E-state index in [0.29, 0.717) is 5.92 Å². The minimum atomic E-state index is 0.157. The first-order valence-corrected chi connectivity index (χ1v) is 9.95. The fourth-order valence-electron chi connectivity index (χ4n) is 3.72. The highest BCUT2D eigenvalue weighted by Crippen LogP contribution is 2.33. The predicted octanol–water partition coefficient (Wildman–Crippen LogP) is 7.07. The number of aromatic nitrogens is 2. The molecule has 2 N–H and O–H groups in total. The zero-order valence-corrected chi connectivity index (χ0v) is 18.1. The highest BCUT2D eigenvalue weighted by molar-refractivity contribution is 5.89. The van der Waals surface area contributed by atoms with Crippen LogP contribution in [0.3, 0.4) is 0 Å². The number of aryl methyl sites for hydroxylation is 1. The van der Waals surface area contributed by atoms with Gasteiger partial charge in [-0.3, -0.25) is 0 Å². The Morgan fingerprint density at radius 3 is 2.14 bits per heavy atom. The Bertz CT molecular complexity index is 1080. The summed E-state index contributed by atoms with van der Waals surface area (Å²) in [6, 6.07) is 12.6. The first-order chi connectivity index (χ1) is 13.2. The topological polar surface area (TPSA) is 40.8 Å².